The summed E-state index contributed by atoms with van der Waals surface area (Å²) in [7, 11) is 0. The van der Waals surface area contributed by atoms with Crippen molar-refractivity contribution in [1.82, 2.24) is 16.0 Å². The lowest BCUT2D eigenvalue weighted by Crippen LogP contribution is -2.57. The Morgan fingerprint density at radius 2 is 1.44 bits per heavy atom. The Bertz CT molecular complexity index is 824. The van der Waals surface area contributed by atoms with E-state index in [-0.39, 0.29) is 18.6 Å². The molecule has 1 aromatic rings. The third-order valence-corrected chi connectivity index (χ3v) is 6.24. The minimum absolute atomic E-state index is 0.0626. The second kappa shape index (κ2) is 15.5. The highest BCUT2D eigenvalue weighted by Crippen LogP contribution is 2.12. The Kier molecular flexibility index (Phi) is 13.5. The highest BCUT2D eigenvalue weighted by molar-refractivity contribution is 7.98. The zero-order valence-corrected chi connectivity index (χ0v) is 21.2. The number of hydrogen-bond acceptors (Lipinski definition) is 8. The van der Waals surface area contributed by atoms with E-state index in [1.165, 1.54) is 30.8 Å². The van der Waals surface area contributed by atoms with Gasteiger partial charge in [-0.15, -0.1) is 0 Å². The molecular formula is C22H34N4O6S2. The molecule has 10 nitrogen and oxygen atoms in total. The molecule has 0 bridgehead atoms. The number of nitrogens with two attached hydrogens (primary N) is 1. The molecule has 0 radical (unpaired) electrons. The maximum absolute atomic E-state index is 13.0. The Labute approximate surface area is 208 Å². The van der Waals surface area contributed by atoms with Crippen LogP contribution in [-0.4, -0.2) is 82.1 Å². The van der Waals surface area contributed by atoms with Crippen molar-refractivity contribution >= 4 is 47.2 Å². The number of benzene rings is 1. The minimum atomic E-state index is -1.15. The maximum atomic E-state index is 13.0. The van der Waals surface area contributed by atoms with Gasteiger partial charge in [-0.2, -0.15) is 23.5 Å². The number of phenolic OH excluding ortho intramolecular Hbond substituents is 1. The molecule has 4 unspecified atom stereocenters. The summed E-state index contributed by atoms with van der Waals surface area (Å²) in [6.07, 6.45) is 4.52. The van der Waals surface area contributed by atoms with Crippen molar-refractivity contribution in [3.63, 3.8) is 0 Å². The van der Waals surface area contributed by atoms with Crippen molar-refractivity contribution in [2.75, 3.05) is 24.0 Å². The minimum Gasteiger partial charge on any atom is -0.508 e. The van der Waals surface area contributed by atoms with Gasteiger partial charge < -0.3 is 31.9 Å². The average Bonchev–Trinajstić information content (AvgIpc) is 2.80. The molecule has 190 valence electrons. The van der Waals surface area contributed by atoms with Crippen molar-refractivity contribution in [3.8, 4) is 5.75 Å². The first kappa shape index (κ1) is 29.6. The summed E-state index contributed by atoms with van der Waals surface area (Å²) in [6, 6.07) is 2.24. The van der Waals surface area contributed by atoms with E-state index in [1.54, 1.807) is 23.9 Å². The fraction of sp³-hybridized carbons (Fsp3) is 0.545. The van der Waals surface area contributed by atoms with Crippen LogP contribution in [0.4, 0.5) is 0 Å². The average molecular weight is 515 g/mol. The van der Waals surface area contributed by atoms with Crippen molar-refractivity contribution in [2.45, 2.75) is 50.4 Å². The molecule has 0 aromatic heterocycles. The van der Waals surface area contributed by atoms with Gasteiger partial charge in [-0.1, -0.05) is 12.1 Å². The molecule has 0 aliphatic rings. The smallest absolute Gasteiger partial charge is 0.326 e. The summed E-state index contributed by atoms with van der Waals surface area (Å²) in [5.74, 6) is -1.61. The first-order chi connectivity index (χ1) is 16.1. The van der Waals surface area contributed by atoms with Crippen LogP contribution in [0.15, 0.2) is 24.3 Å². The maximum Gasteiger partial charge on any atom is 0.326 e. The molecule has 12 heteroatoms. The van der Waals surface area contributed by atoms with Gasteiger partial charge in [0.1, 0.15) is 23.9 Å². The van der Waals surface area contributed by atoms with E-state index in [9.17, 15) is 29.4 Å². The number of carbonyl (C=O) groups excluding carboxylic acids is 3. The summed E-state index contributed by atoms with van der Waals surface area (Å²) in [4.78, 5) is 49.4. The Balaban J connectivity index is 2.89. The molecule has 4 atom stereocenters. The lowest BCUT2D eigenvalue weighted by molar-refractivity contribution is -0.142. The molecule has 0 saturated carbocycles. The largest absolute Gasteiger partial charge is 0.508 e. The summed E-state index contributed by atoms with van der Waals surface area (Å²) in [5.41, 5.74) is 6.60. The molecule has 1 aromatic carbocycles. The lowest BCUT2D eigenvalue weighted by Gasteiger charge is -2.23. The van der Waals surface area contributed by atoms with E-state index in [1.807, 2.05) is 12.5 Å². The van der Waals surface area contributed by atoms with Crippen LogP contribution in [0.1, 0.15) is 25.3 Å². The fourth-order valence-corrected chi connectivity index (χ4v) is 3.86. The van der Waals surface area contributed by atoms with Gasteiger partial charge in [0.2, 0.25) is 17.7 Å². The van der Waals surface area contributed by atoms with E-state index in [4.69, 9.17) is 5.73 Å². The van der Waals surface area contributed by atoms with E-state index in [0.29, 0.717) is 23.5 Å². The van der Waals surface area contributed by atoms with Crippen molar-refractivity contribution in [1.29, 1.82) is 0 Å². The van der Waals surface area contributed by atoms with Gasteiger partial charge in [0, 0.05) is 6.42 Å². The number of carboxylic acids is 1. The molecule has 0 fully saturated rings. The number of amides is 3. The molecule has 1 rings (SSSR count). The number of hydrogen-bond donors (Lipinski definition) is 6. The summed E-state index contributed by atoms with van der Waals surface area (Å²) >= 11 is 3.01. The third kappa shape index (κ3) is 10.7. The summed E-state index contributed by atoms with van der Waals surface area (Å²) < 4.78 is 0. The Morgan fingerprint density at radius 1 is 0.882 bits per heavy atom. The number of phenols is 1. The van der Waals surface area contributed by atoms with E-state index < -0.39 is 47.9 Å². The molecule has 0 aliphatic heterocycles. The predicted molar refractivity (Wildman–Crippen MR) is 135 cm³/mol. The molecule has 0 aliphatic carbocycles. The van der Waals surface area contributed by atoms with E-state index in [0.717, 1.165) is 0 Å². The summed E-state index contributed by atoms with van der Waals surface area (Å²) in [6.45, 7) is 1.43. The Morgan fingerprint density at radius 3 is 2.00 bits per heavy atom. The van der Waals surface area contributed by atoms with Crippen molar-refractivity contribution in [2.24, 2.45) is 5.73 Å². The van der Waals surface area contributed by atoms with Crippen molar-refractivity contribution in [3.05, 3.63) is 29.8 Å². The zero-order chi connectivity index (χ0) is 25.7. The number of carboxylic acid groups (broad SMARTS) is 1. The molecule has 34 heavy (non-hydrogen) atoms. The van der Waals surface area contributed by atoms with Crippen LogP contribution in [0.3, 0.4) is 0 Å². The monoisotopic (exact) mass is 514 g/mol. The SMILES string of the molecule is CSCCC(N)C(=O)NC(Cc1ccc(O)cc1)C(=O)NC(C)C(=O)NC(CCSC)C(=O)O. The molecule has 7 N–H and O–H groups in total. The van der Waals surface area contributed by atoms with Crippen LogP contribution < -0.4 is 21.7 Å². The topological polar surface area (TPSA) is 171 Å². The summed E-state index contributed by atoms with van der Waals surface area (Å²) in [5, 5.41) is 26.4. The van der Waals surface area contributed by atoms with Gasteiger partial charge in [0.05, 0.1) is 6.04 Å². The first-order valence-corrected chi connectivity index (χ1v) is 13.5. The van der Waals surface area contributed by atoms with Gasteiger partial charge in [-0.05, 0) is 61.5 Å². The lowest BCUT2D eigenvalue weighted by atomic mass is 10.0. The van der Waals surface area contributed by atoms with Gasteiger partial charge in [0.25, 0.3) is 0 Å². The molecule has 3 amide bonds. The van der Waals surface area contributed by atoms with Gasteiger partial charge >= 0.3 is 5.97 Å². The van der Waals surface area contributed by atoms with Crippen LogP contribution in [0.5, 0.6) is 5.75 Å². The number of thioether (sulfide) groups is 2. The molecule has 0 spiro atoms. The highest BCUT2D eigenvalue weighted by Gasteiger charge is 2.28. The van der Waals surface area contributed by atoms with Gasteiger partial charge in [-0.3, -0.25) is 14.4 Å². The molecule has 0 heterocycles. The first-order valence-electron chi connectivity index (χ1n) is 10.7. The van der Waals surface area contributed by atoms with E-state index >= 15 is 0 Å². The number of carbonyl (C=O) groups is 4. The highest BCUT2D eigenvalue weighted by atomic mass is 32.2. The van der Waals surface area contributed by atoms with Crippen LogP contribution in [0.25, 0.3) is 0 Å². The fourth-order valence-electron chi connectivity index (χ4n) is 2.90. The van der Waals surface area contributed by atoms with Crippen LogP contribution in [0.2, 0.25) is 0 Å². The number of aliphatic carboxylic acids is 1. The van der Waals surface area contributed by atoms with Gasteiger partial charge in [0.15, 0.2) is 0 Å². The second-order valence-electron chi connectivity index (χ2n) is 7.73. The van der Waals surface area contributed by atoms with Crippen LogP contribution >= 0.6 is 23.5 Å². The standard InChI is InChI=1S/C22H34N4O6S2/c1-13(19(28)25-17(22(31)32)9-11-34-3)24-21(30)18(12-14-4-6-15(27)7-5-14)26-20(29)16(23)8-10-33-2/h4-7,13,16-18,27H,8-12,23H2,1-3H3,(H,24,30)(H,25,28)(H,26,29)(H,31,32). The number of rotatable bonds is 15. The quantitative estimate of drug-likeness (QED) is 0.193. The van der Waals surface area contributed by atoms with Crippen molar-refractivity contribution < 1.29 is 29.4 Å². The number of aromatic hydroxyl groups is 1. The number of nitrogens with one attached hydrogen (secondary N) is 3. The van der Waals surface area contributed by atoms with Crippen LogP contribution in [0, 0.1) is 0 Å². The van der Waals surface area contributed by atoms with Crippen LogP contribution in [-0.2, 0) is 25.6 Å². The molecular weight excluding hydrogens is 480 g/mol. The normalized spacial score (nSPS) is 14.4. The van der Waals surface area contributed by atoms with E-state index in [2.05, 4.69) is 16.0 Å². The predicted octanol–water partition coefficient (Wildman–Crippen LogP) is 0.327. The Hall–Kier alpha value is -2.44. The molecule has 0 saturated heterocycles. The zero-order valence-electron chi connectivity index (χ0n) is 19.6. The third-order valence-electron chi connectivity index (χ3n) is 4.96. The van der Waals surface area contributed by atoms with Gasteiger partial charge in [-0.25, -0.2) is 4.79 Å². The second-order valence-corrected chi connectivity index (χ2v) is 9.70.